The van der Waals surface area contributed by atoms with E-state index in [0.29, 0.717) is 17.1 Å². The zero-order valence-electron chi connectivity index (χ0n) is 10.8. The number of nitro groups is 1. The van der Waals surface area contributed by atoms with E-state index in [-0.39, 0.29) is 22.8 Å². The summed E-state index contributed by atoms with van der Waals surface area (Å²) in [7, 11) is 1.70. The summed E-state index contributed by atoms with van der Waals surface area (Å²) in [6.45, 7) is 0.432. The van der Waals surface area contributed by atoms with Gasteiger partial charge in [-0.3, -0.25) is 10.1 Å². The molecule has 0 amide bonds. The van der Waals surface area contributed by atoms with Crippen molar-refractivity contribution in [2.45, 2.75) is 38.0 Å². The maximum atomic E-state index is 11.0. The molecule has 1 aliphatic rings. The Balaban J connectivity index is 2.06. The standard InChI is InChI=1S/C13H17ClN2O3/c1-19-13-4-2-3-11(13)15-8-9-7-10(14)5-6-12(9)16(17)18/h5-7,11,13,15H,2-4,8H2,1H3. The first-order valence-corrected chi connectivity index (χ1v) is 6.68. The smallest absolute Gasteiger partial charge is 0.273 e. The summed E-state index contributed by atoms with van der Waals surface area (Å²) in [6.07, 6.45) is 3.38. The van der Waals surface area contributed by atoms with Gasteiger partial charge in [-0.05, 0) is 31.4 Å². The van der Waals surface area contributed by atoms with Gasteiger partial charge in [-0.2, -0.15) is 0 Å². The van der Waals surface area contributed by atoms with E-state index in [1.807, 2.05) is 0 Å². The van der Waals surface area contributed by atoms with Gasteiger partial charge in [0, 0.05) is 36.3 Å². The van der Waals surface area contributed by atoms with Gasteiger partial charge < -0.3 is 10.1 Å². The van der Waals surface area contributed by atoms with E-state index in [1.165, 1.54) is 12.1 Å². The molecule has 6 heteroatoms. The summed E-state index contributed by atoms with van der Waals surface area (Å²) in [5, 5.41) is 14.8. The number of nitrogens with zero attached hydrogens (tertiary/aromatic N) is 1. The van der Waals surface area contributed by atoms with Crippen molar-refractivity contribution < 1.29 is 9.66 Å². The van der Waals surface area contributed by atoms with Crippen LogP contribution in [0.2, 0.25) is 5.02 Å². The van der Waals surface area contributed by atoms with Crippen LogP contribution in [0.3, 0.4) is 0 Å². The van der Waals surface area contributed by atoms with Crippen molar-refractivity contribution in [2.75, 3.05) is 7.11 Å². The third kappa shape index (κ3) is 3.43. The molecule has 0 radical (unpaired) electrons. The van der Waals surface area contributed by atoms with E-state index in [2.05, 4.69) is 5.32 Å². The maximum absolute atomic E-state index is 11.0. The van der Waals surface area contributed by atoms with Gasteiger partial charge in [0.1, 0.15) is 0 Å². The van der Waals surface area contributed by atoms with Crippen molar-refractivity contribution in [3.05, 3.63) is 38.9 Å². The summed E-state index contributed by atoms with van der Waals surface area (Å²) >= 11 is 5.90. The first-order valence-electron chi connectivity index (χ1n) is 6.31. The Morgan fingerprint density at radius 3 is 3.00 bits per heavy atom. The molecule has 1 aromatic carbocycles. The number of nitrogens with one attached hydrogen (secondary N) is 1. The van der Waals surface area contributed by atoms with Gasteiger partial charge in [0.15, 0.2) is 0 Å². The van der Waals surface area contributed by atoms with Crippen LogP contribution in [0.5, 0.6) is 0 Å². The van der Waals surface area contributed by atoms with Crippen molar-refractivity contribution >= 4 is 17.3 Å². The number of rotatable bonds is 5. The predicted octanol–water partition coefficient (Wildman–Crippen LogP) is 2.91. The quantitative estimate of drug-likeness (QED) is 0.667. The van der Waals surface area contributed by atoms with Crippen LogP contribution in [0.1, 0.15) is 24.8 Å². The Bertz CT molecular complexity index is 467. The highest BCUT2D eigenvalue weighted by Gasteiger charge is 2.27. The largest absolute Gasteiger partial charge is 0.380 e. The first-order chi connectivity index (χ1) is 9.11. The second-order valence-corrected chi connectivity index (χ2v) is 5.16. The molecular formula is C13H17ClN2O3. The number of nitro benzene ring substituents is 1. The molecule has 0 spiro atoms. The highest BCUT2D eigenvalue weighted by atomic mass is 35.5. The third-order valence-electron chi connectivity index (χ3n) is 3.55. The molecule has 104 valence electrons. The minimum absolute atomic E-state index is 0.101. The van der Waals surface area contributed by atoms with Crippen LogP contribution in [0, 0.1) is 10.1 Å². The molecule has 1 N–H and O–H groups in total. The molecule has 0 heterocycles. The molecule has 0 bridgehead atoms. The fourth-order valence-electron chi connectivity index (χ4n) is 2.56. The normalized spacial score (nSPS) is 22.6. The second kappa shape index (κ2) is 6.32. The van der Waals surface area contributed by atoms with E-state index >= 15 is 0 Å². The number of halogens is 1. The van der Waals surface area contributed by atoms with Gasteiger partial charge in [0.2, 0.25) is 0 Å². The molecular weight excluding hydrogens is 268 g/mol. The zero-order chi connectivity index (χ0) is 13.8. The first kappa shape index (κ1) is 14.2. The SMILES string of the molecule is COC1CCCC1NCc1cc(Cl)ccc1[N+](=O)[O-]. The molecule has 19 heavy (non-hydrogen) atoms. The Kier molecular flexibility index (Phi) is 4.74. The molecule has 0 aliphatic heterocycles. The van der Waals surface area contributed by atoms with E-state index in [9.17, 15) is 10.1 Å². The van der Waals surface area contributed by atoms with Crippen LogP contribution in [0.4, 0.5) is 5.69 Å². The summed E-state index contributed by atoms with van der Waals surface area (Å²) in [4.78, 5) is 10.6. The molecule has 2 atom stereocenters. The molecule has 1 aliphatic carbocycles. The molecule has 2 unspecified atom stereocenters. The van der Waals surface area contributed by atoms with E-state index in [0.717, 1.165) is 19.3 Å². The second-order valence-electron chi connectivity index (χ2n) is 4.72. The monoisotopic (exact) mass is 284 g/mol. The molecule has 0 saturated heterocycles. The van der Waals surface area contributed by atoms with Gasteiger partial charge in [0.05, 0.1) is 11.0 Å². The predicted molar refractivity (Wildman–Crippen MR) is 73.4 cm³/mol. The van der Waals surface area contributed by atoms with Crippen molar-refractivity contribution in [3.8, 4) is 0 Å². The number of benzene rings is 1. The average molecular weight is 285 g/mol. The van der Waals surface area contributed by atoms with Crippen LogP contribution < -0.4 is 5.32 Å². The van der Waals surface area contributed by atoms with Crippen molar-refractivity contribution in [1.82, 2.24) is 5.32 Å². The highest BCUT2D eigenvalue weighted by molar-refractivity contribution is 6.30. The lowest BCUT2D eigenvalue weighted by atomic mass is 10.1. The van der Waals surface area contributed by atoms with Crippen LogP contribution in [-0.2, 0) is 11.3 Å². The Morgan fingerprint density at radius 1 is 1.53 bits per heavy atom. The van der Waals surface area contributed by atoms with Crippen LogP contribution in [0.15, 0.2) is 18.2 Å². The number of ether oxygens (including phenoxy) is 1. The van der Waals surface area contributed by atoms with E-state index in [1.54, 1.807) is 13.2 Å². The fourth-order valence-corrected chi connectivity index (χ4v) is 2.75. The number of hydrogen-bond acceptors (Lipinski definition) is 4. The number of methoxy groups -OCH3 is 1. The van der Waals surface area contributed by atoms with Gasteiger partial charge in [-0.15, -0.1) is 0 Å². The van der Waals surface area contributed by atoms with Crippen LogP contribution in [0.25, 0.3) is 0 Å². The maximum Gasteiger partial charge on any atom is 0.273 e. The molecule has 0 aromatic heterocycles. The molecule has 1 fully saturated rings. The Hall–Kier alpha value is -1.17. The highest BCUT2D eigenvalue weighted by Crippen LogP contribution is 2.25. The van der Waals surface area contributed by atoms with Gasteiger partial charge in [-0.25, -0.2) is 0 Å². The number of hydrogen-bond donors (Lipinski definition) is 1. The Labute approximate surface area is 117 Å². The van der Waals surface area contributed by atoms with E-state index < -0.39 is 0 Å². The third-order valence-corrected chi connectivity index (χ3v) is 3.78. The molecule has 5 nitrogen and oxygen atoms in total. The Morgan fingerprint density at radius 2 is 2.32 bits per heavy atom. The fraction of sp³-hybridized carbons (Fsp3) is 0.538. The molecule has 2 rings (SSSR count). The summed E-state index contributed by atoms with van der Waals surface area (Å²) < 4.78 is 5.39. The molecule has 1 aromatic rings. The van der Waals surface area contributed by atoms with Crippen LogP contribution >= 0.6 is 11.6 Å². The minimum atomic E-state index is -0.379. The lowest BCUT2D eigenvalue weighted by Crippen LogP contribution is -2.36. The van der Waals surface area contributed by atoms with Gasteiger partial charge >= 0.3 is 0 Å². The molecule has 1 saturated carbocycles. The van der Waals surface area contributed by atoms with Crippen molar-refractivity contribution in [1.29, 1.82) is 0 Å². The summed E-state index contributed by atoms with van der Waals surface area (Å²) in [6, 6.07) is 4.88. The lowest BCUT2D eigenvalue weighted by Gasteiger charge is -2.19. The van der Waals surface area contributed by atoms with Crippen molar-refractivity contribution in [3.63, 3.8) is 0 Å². The zero-order valence-corrected chi connectivity index (χ0v) is 11.5. The van der Waals surface area contributed by atoms with Gasteiger partial charge in [-0.1, -0.05) is 11.6 Å². The lowest BCUT2D eigenvalue weighted by molar-refractivity contribution is -0.385. The van der Waals surface area contributed by atoms with Gasteiger partial charge in [0.25, 0.3) is 5.69 Å². The van der Waals surface area contributed by atoms with E-state index in [4.69, 9.17) is 16.3 Å². The average Bonchev–Trinajstić information content (AvgIpc) is 2.83. The van der Waals surface area contributed by atoms with Crippen LogP contribution in [-0.4, -0.2) is 24.2 Å². The summed E-state index contributed by atoms with van der Waals surface area (Å²) in [5.74, 6) is 0. The topological polar surface area (TPSA) is 64.4 Å². The van der Waals surface area contributed by atoms with Crippen molar-refractivity contribution in [2.24, 2.45) is 0 Å². The summed E-state index contributed by atoms with van der Waals surface area (Å²) in [5.41, 5.74) is 0.711. The minimum Gasteiger partial charge on any atom is -0.380 e.